The summed E-state index contributed by atoms with van der Waals surface area (Å²) in [4.78, 5) is 13.9. The summed E-state index contributed by atoms with van der Waals surface area (Å²) in [6.45, 7) is 4.06. The molecule has 1 aromatic heterocycles. The van der Waals surface area contributed by atoms with E-state index in [9.17, 15) is 4.79 Å². The fourth-order valence-electron chi connectivity index (χ4n) is 1.63. The summed E-state index contributed by atoms with van der Waals surface area (Å²) in [5, 5.41) is 1.09. The monoisotopic (exact) mass is 173 g/mol. The van der Waals surface area contributed by atoms with Gasteiger partial charge < -0.3 is 4.98 Å². The van der Waals surface area contributed by atoms with Crippen molar-refractivity contribution < 1.29 is 0 Å². The normalized spacial score (nSPS) is 10.6. The Morgan fingerprint density at radius 2 is 1.92 bits per heavy atom. The molecule has 0 aliphatic rings. The number of rotatable bonds is 0. The lowest BCUT2D eigenvalue weighted by Gasteiger charge is -2.02. The van der Waals surface area contributed by atoms with Crippen LogP contribution in [0.2, 0.25) is 0 Å². The number of aryl methyl sites for hydroxylation is 2. The number of hydrogen-bond acceptors (Lipinski definition) is 1. The molecular weight excluding hydrogens is 162 g/mol. The van der Waals surface area contributed by atoms with Gasteiger partial charge in [-0.25, -0.2) is 0 Å². The Bertz CT molecular complexity index is 511. The van der Waals surface area contributed by atoms with Crippen LogP contribution < -0.4 is 5.56 Å². The first-order valence-electron chi connectivity index (χ1n) is 4.27. The average molecular weight is 173 g/mol. The Morgan fingerprint density at radius 3 is 2.69 bits per heavy atom. The Hall–Kier alpha value is -1.57. The molecule has 1 aromatic carbocycles. The first-order chi connectivity index (χ1) is 6.16. The highest BCUT2D eigenvalue weighted by Crippen LogP contribution is 2.16. The first kappa shape index (κ1) is 8.05. The first-order valence-corrected chi connectivity index (χ1v) is 4.27. The minimum absolute atomic E-state index is 0.0422. The number of H-pyrrole nitrogens is 1. The summed E-state index contributed by atoms with van der Waals surface area (Å²) in [7, 11) is 0. The van der Waals surface area contributed by atoms with Crippen molar-refractivity contribution in [2.45, 2.75) is 13.8 Å². The second-order valence-corrected chi connectivity index (χ2v) is 3.37. The van der Waals surface area contributed by atoms with E-state index in [2.05, 4.69) is 24.0 Å². The van der Waals surface area contributed by atoms with E-state index in [1.807, 2.05) is 13.0 Å². The summed E-state index contributed by atoms with van der Waals surface area (Å²) in [5.41, 5.74) is 3.24. The molecular formula is C11H11NO. The topological polar surface area (TPSA) is 32.9 Å². The van der Waals surface area contributed by atoms with Crippen molar-refractivity contribution in [1.29, 1.82) is 0 Å². The Morgan fingerprint density at radius 1 is 1.15 bits per heavy atom. The molecule has 2 nitrogen and oxygen atoms in total. The number of aromatic nitrogens is 1. The van der Waals surface area contributed by atoms with Crippen molar-refractivity contribution >= 4 is 10.9 Å². The van der Waals surface area contributed by atoms with E-state index in [1.165, 1.54) is 5.56 Å². The van der Waals surface area contributed by atoms with Crippen LogP contribution in [0.1, 0.15) is 11.1 Å². The second kappa shape index (κ2) is 2.73. The summed E-state index contributed by atoms with van der Waals surface area (Å²) in [5.74, 6) is 0. The maximum Gasteiger partial charge on any atom is 0.248 e. The third-order valence-corrected chi connectivity index (χ3v) is 2.17. The minimum Gasteiger partial charge on any atom is -0.322 e. The van der Waals surface area contributed by atoms with Gasteiger partial charge in [-0.15, -0.1) is 0 Å². The van der Waals surface area contributed by atoms with Crippen molar-refractivity contribution in [3.63, 3.8) is 0 Å². The predicted molar refractivity (Wildman–Crippen MR) is 54.0 cm³/mol. The fourth-order valence-corrected chi connectivity index (χ4v) is 1.63. The third kappa shape index (κ3) is 1.35. The maximum absolute atomic E-state index is 11.1. The van der Waals surface area contributed by atoms with Crippen molar-refractivity contribution in [3.8, 4) is 0 Å². The van der Waals surface area contributed by atoms with Crippen molar-refractivity contribution in [1.82, 2.24) is 4.98 Å². The van der Waals surface area contributed by atoms with Gasteiger partial charge in [-0.3, -0.25) is 4.79 Å². The van der Waals surface area contributed by atoms with Gasteiger partial charge in [0.2, 0.25) is 5.56 Å². The highest BCUT2D eigenvalue weighted by molar-refractivity contribution is 5.82. The zero-order valence-corrected chi connectivity index (χ0v) is 7.72. The number of hydrogen-bond donors (Lipinski definition) is 1. The van der Waals surface area contributed by atoms with Crippen molar-refractivity contribution in [2.75, 3.05) is 0 Å². The summed E-state index contributed by atoms with van der Waals surface area (Å²) >= 11 is 0. The van der Waals surface area contributed by atoms with Crippen LogP contribution in [0, 0.1) is 13.8 Å². The molecule has 0 radical (unpaired) electrons. The standard InChI is InChI=1S/C11H11NO/c1-7-5-8(2)11-9(6-7)3-4-10(13)12-11/h3-6H,1-2H3,(H,12,13). The molecule has 1 N–H and O–H groups in total. The highest BCUT2D eigenvalue weighted by atomic mass is 16.1. The summed E-state index contributed by atoms with van der Waals surface area (Å²) < 4.78 is 0. The van der Waals surface area contributed by atoms with Crippen LogP contribution in [0.4, 0.5) is 0 Å². The molecule has 0 aliphatic heterocycles. The second-order valence-electron chi connectivity index (χ2n) is 3.37. The quantitative estimate of drug-likeness (QED) is 0.650. The highest BCUT2D eigenvalue weighted by Gasteiger charge is 1.98. The van der Waals surface area contributed by atoms with E-state index in [4.69, 9.17) is 0 Å². The smallest absolute Gasteiger partial charge is 0.248 e. The fraction of sp³-hybridized carbons (Fsp3) is 0.182. The van der Waals surface area contributed by atoms with Gasteiger partial charge in [0.05, 0.1) is 5.52 Å². The Kier molecular flexibility index (Phi) is 1.69. The summed E-state index contributed by atoms with van der Waals surface area (Å²) in [6.07, 6.45) is 0. The lowest BCUT2D eigenvalue weighted by Crippen LogP contribution is -2.03. The summed E-state index contributed by atoms with van der Waals surface area (Å²) in [6, 6.07) is 7.55. The molecule has 0 saturated heterocycles. The molecule has 0 unspecified atom stereocenters. The maximum atomic E-state index is 11.1. The van der Waals surface area contributed by atoms with Crippen LogP contribution in [-0.4, -0.2) is 4.98 Å². The molecule has 0 bridgehead atoms. The van der Waals surface area contributed by atoms with Gasteiger partial charge in [-0.2, -0.15) is 0 Å². The van der Waals surface area contributed by atoms with Gasteiger partial charge >= 0.3 is 0 Å². The van der Waals surface area contributed by atoms with Crippen LogP contribution in [0.5, 0.6) is 0 Å². The molecule has 0 aliphatic carbocycles. The van der Waals surface area contributed by atoms with Crippen LogP contribution in [0.25, 0.3) is 10.9 Å². The van der Waals surface area contributed by atoms with Gasteiger partial charge in [0.1, 0.15) is 0 Å². The van der Waals surface area contributed by atoms with Crippen LogP contribution in [-0.2, 0) is 0 Å². The zero-order valence-electron chi connectivity index (χ0n) is 7.72. The molecule has 2 rings (SSSR count). The van der Waals surface area contributed by atoms with E-state index in [-0.39, 0.29) is 5.56 Å². The Labute approximate surface area is 76.2 Å². The molecule has 0 atom stereocenters. The lowest BCUT2D eigenvalue weighted by molar-refractivity contribution is 1.27. The third-order valence-electron chi connectivity index (χ3n) is 2.17. The largest absolute Gasteiger partial charge is 0.322 e. The molecule has 0 amide bonds. The van der Waals surface area contributed by atoms with Crippen molar-refractivity contribution in [2.24, 2.45) is 0 Å². The van der Waals surface area contributed by atoms with E-state index >= 15 is 0 Å². The van der Waals surface area contributed by atoms with E-state index in [0.29, 0.717) is 0 Å². The Balaban J connectivity index is 2.95. The molecule has 66 valence electrons. The van der Waals surface area contributed by atoms with Gasteiger partial charge in [-0.1, -0.05) is 11.6 Å². The average Bonchev–Trinajstić information content (AvgIpc) is 2.06. The number of pyridine rings is 1. The molecule has 1 heterocycles. The number of benzene rings is 1. The molecule has 2 heteroatoms. The molecule has 0 saturated carbocycles. The molecule has 0 fully saturated rings. The molecule has 13 heavy (non-hydrogen) atoms. The number of aromatic amines is 1. The number of fused-ring (bicyclic) bond motifs is 1. The van der Waals surface area contributed by atoms with Gasteiger partial charge in [0.15, 0.2) is 0 Å². The molecule has 2 aromatic rings. The lowest BCUT2D eigenvalue weighted by atomic mass is 10.1. The SMILES string of the molecule is Cc1cc(C)c2[nH]c(=O)ccc2c1. The number of nitrogens with one attached hydrogen (secondary N) is 1. The van der Waals surface area contributed by atoms with Crippen LogP contribution >= 0.6 is 0 Å². The van der Waals surface area contributed by atoms with E-state index in [0.717, 1.165) is 16.5 Å². The van der Waals surface area contributed by atoms with Gasteiger partial charge in [0, 0.05) is 6.07 Å². The zero-order chi connectivity index (χ0) is 9.42. The van der Waals surface area contributed by atoms with Crippen LogP contribution in [0.15, 0.2) is 29.1 Å². The predicted octanol–water partition coefficient (Wildman–Crippen LogP) is 2.14. The molecule has 0 spiro atoms. The van der Waals surface area contributed by atoms with E-state index in [1.54, 1.807) is 6.07 Å². The van der Waals surface area contributed by atoms with Gasteiger partial charge in [-0.05, 0) is 36.9 Å². The van der Waals surface area contributed by atoms with Gasteiger partial charge in [0.25, 0.3) is 0 Å². The van der Waals surface area contributed by atoms with Crippen molar-refractivity contribution in [3.05, 3.63) is 45.7 Å². The minimum atomic E-state index is -0.0422. The van der Waals surface area contributed by atoms with Crippen LogP contribution in [0.3, 0.4) is 0 Å². The van der Waals surface area contributed by atoms with E-state index < -0.39 is 0 Å².